The molecule has 1 aliphatic rings. The van der Waals surface area contributed by atoms with Crippen LogP contribution < -0.4 is 9.47 Å². The topological polar surface area (TPSA) is 36.9 Å². The molecule has 4 aromatic heterocycles. The molecule has 5 heterocycles. The van der Waals surface area contributed by atoms with Crippen molar-refractivity contribution in [2.45, 2.75) is 28.7 Å². The number of hydrogen-bond donors (Lipinski definition) is 0. The zero-order chi connectivity index (χ0) is 31.6. The first-order chi connectivity index (χ1) is 22.7. The third-order valence-electron chi connectivity index (χ3n) is 7.13. The van der Waals surface area contributed by atoms with Crippen LogP contribution in [0.3, 0.4) is 0 Å². The predicted octanol–water partition coefficient (Wildman–Crippen LogP) is 11.0. The van der Waals surface area contributed by atoms with E-state index in [9.17, 15) is 0 Å². The lowest BCUT2D eigenvalue weighted by Gasteiger charge is -2.24. The lowest BCUT2D eigenvalue weighted by atomic mass is 9.87. The number of rotatable bonds is 4. The summed E-state index contributed by atoms with van der Waals surface area (Å²) in [6, 6.07) is 26.4. The monoisotopic (exact) mass is 764 g/mol. The van der Waals surface area contributed by atoms with Crippen molar-refractivity contribution in [1.29, 1.82) is 0 Å². The fraction of sp³-hybridized carbons (Fsp3) is 0.353. The van der Waals surface area contributed by atoms with E-state index in [0.717, 1.165) is 23.0 Å². The van der Waals surface area contributed by atoms with E-state index in [1.165, 1.54) is 36.3 Å². The molecule has 2 atom stereocenters. The van der Waals surface area contributed by atoms with Crippen LogP contribution in [0, 0.1) is 0 Å². The van der Waals surface area contributed by atoms with Gasteiger partial charge in [-0.2, -0.15) is 0 Å². The molecular weight excluding hydrogens is 729 g/mol. The van der Waals surface area contributed by atoms with Gasteiger partial charge in [0.2, 0.25) is 0 Å². The molecule has 1 aromatic carbocycles. The molecule has 0 N–H and O–H groups in total. The van der Waals surface area contributed by atoms with Crippen molar-refractivity contribution >= 4 is 92.4 Å². The van der Waals surface area contributed by atoms with E-state index >= 15 is 0 Å². The molecule has 2 unspecified atom stereocenters. The van der Waals surface area contributed by atoms with Gasteiger partial charge in [-0.25, -0.2) is 0 Å². The van der Waals surface area contributed by atoms with E-state index in [1.807, 2.05) is 117 Å². The molecule has 0 spiro atoms. The van der Waals surface area contributed by atoms with E-state index in [1.54, 1.807) is 0 Å². The maximum absolute atomic E-state index is 5.98. The lowest BCUT2D eigenvalue weighted by Crippen LogP contribution is -2.11. The minimum atomic E-state index is 0.250. The summed E-state index contributed by atoms with van der Waals surface area (Å²) < 4.78 is 29.2. The van der Waals surface area contributed by atoms with Crippen molar-refractivity contribution < 1.29 is 18.9 Å². The summed E-state index contributed by atoms with van der Waals surface area (Å²) in [5, 5.41) is 0. The Kier molecular flexibility index (Phi) is 13.7. The second kappa shape index (κ2) is 18.1. The number of benzene rings is 1. The molecule has 0 fully saturated rings. The maximum Gasteiger partial charge on any atom is 0.161 e. The Morgan fingerprint density at radius 1 is 0.500 bits per heavy atom. The molecule has 46 heavy (non-hydrogen) atoms. The summed E-state index contributed by atoms with van der Waals surface area (Å²) in [6.45, 7) is 3.38. The highest BCUT2D eigenvalue weighted by Gasteiger charge is 2.33. The van der Waals surface area contributed by atoms with Gasteiger partial charge in [0.25, 0.3) is 0 Å². The largest absolute Gasteiger partial charge is 0.487 e. The molecule has 12 heteroatoms. The van der Waals surface area contributed by atoms with Gasteiger partial charge in [0.15, 0.2) is 11.5 Å². The molecule has 0 saturated heterocycles. The minimum absolute atomic E-state index is 0.250. The van der Waals surface area contributed by atoms with Gasteiger partial charge in [-0.05, 0) is 73.2 Å². The van der Waals surface area contributed by atoms with Crippen molar-refractivity contribution in [3.63, 3.8) is 0 Å². The Morgan fingerprint density at radius 2 is 0.935 bits per heavy atom. The number of thioether (sulfide) groups is 4. The highest BCUT2D eigenvalue weighted by Crippen LogP contribution is 2.52. The molecule has 5 aromatic rings. The van der Waals surface area contributed by atoms with Gasteiger partial charge < -0.3 is 18.9 Å². The normalized spacial score (nSPS) is 19.0. The second-order valence-electron chi connectivity index (χ2n) is 10.1. The fourth-order valence-electron chi connectivity index (χ4n) is 5.03. The molecule has 4 bridgehead atoms. The summed E-state index contributed by atoms with van der Waals surface area (Å²) >= 11 is 15.2. The first-order valence-corrected chi connectivity index (χ1v) is 22.6. The SMILES string of the molecule is CSc1ccc(C2c3ccc(s3)SCCOCCOc3ccccc3OCCOCCSc3ccc(s3)C2c2ccc(SC)s2)s1. The first-order valence-electron chi connectivity index (χ1n) is 14.9. The lowest BCUT2D eigenvalue weighted by molar-refractivity contribution is 0.102. The molecular formula is C34H36O4S8. The Hall–Kier alpha value is -1.06. The Bertz CT molecular complexity index is 1520. The summed E-state index contributed by atoms with van der Waals surface area (Å²) in [7, 11) is 0. The van der Waals surface area contributed by atoms with Gasteiger partial charge in [-0.1, -0.05) is 12.1 Å². The Morgan fingerprint density at radius 3 is 1.37 bits per heavy atom. The fourth-order valence-corrected chi connectivity index (χ4v) is 13.1. The molecule has 0 saturated carbocycles. The van der Waals surface area contributed by atoms with Gasteiger partial charge in [-0.15, -0.1) is 92.4 Å². The summed E-state index contributed by atoms with van der Waals surface area (Å²) in [4.78, 5) is 5.69. The van der Waals surface area contributed by atoms with Crippen LogP contribution in [-0.4, -0.2) is 63.7 Å². The summed E-state index contributed by atoms with van der Waals surface area (Å²) in [5.74, 6) is 3.77. The van der Waals surface area contributed by atoms with E-state index in [2.05, 4.69) is 61.0 Å². The van der Waals surface area contributed by atoms with Crippen LogP contribution in [0.5, 0.6) is 11.5 Å². The van der Waals surface area contributed by atoms with Gasteiger partial charge in [-0.3, -0.25) is 0 Å². The molecule has 0 radical (unpaired) electrons. The smallest absolute Gasteiger partial charge is 0.161 e. The average Bonchev–Trinajstić information content (AvgIpc) is 3.91. The van der Waals surface area contributed by atoms with Crippen molar-refractivity contribution in [2.24, 2.45) is 0 Å². The zero-order valence-corrected chi connectivity index (χ0v) is 32.2. The molecule has 0 aliphatic carbocycles. The average molecular weight is 765 g/mol. The molecule has 0 amide bonds. The quantitative estimate of drug-likeness (QED) is 0.168. The van der Waals surface area contributed by atoms with Gasteiger partial charge in [0, 0.05) is 42.9 Å². The van der Waals surface area contributed by atoms with E-state index in [-0.39, 0.29) is 11.8 Å². The van der Waals surface area contributed by atoms with Crippen LogP contribution in [0.1, 0.15) is 31.3 Å². The van der Waals surface area contributed by atoms with Crippen molar-refractivity contribution in [3.8, 4) is 11.5 Å². The van der Waals surface area contributed by atoms with Crippen LogP contribution in [-0.2, 0) is 9.47 Å². The van der Waals surface area contributed by atoms with Crippen LogP contribution in [0.2, 0.25) is 0 Å². The van der Waals surface area contributed by atoms with E-state index < -0.39 is 0 Å². The molecule has 4 nitrogen and oxygen atoms in total. The maximum atomic E-state index is 5.98. The number of ether oxygens (including phenoxy) is 4. The third kappa shape index (κ3) is 9.34. The van der Waals surface area contributed by atoms with E-state index in [0.29, 0.717) is 39.6 Å². The standard InChI is InChI=1S/C34H36O4S8/c1-39-29-11-7-25(43-29)33-27-9-13-31(45-27)41-21-19-35-15-17-37-23-5-3-4-6-24(23)38-18-16-36-20-22-42-32-14-10-28(46-32)34(33)26-8-12-30(40-2)44-26/h3-14,33-34H,15-22H2,1-2H3. The van der Waals surface area contributed by atoms with Gasteiger partial charge in [0.1, 0.15) is 13.2 Å². The zero-order valence-electron chi connectivity index (χ0n) is 25.6. The predicted molar refractivity (Wildman–Crippen MR) is 205 cm³/mol. The summed E-state index contributed by atoms with van der Waals surface area (Å²) in [6.07, 6.45) is 4.34. The van der Waals surface area contributed by atoms with Gasteiger partial charge in [0.05, 0.1) is 43.3 Å². The van der Waals surface area contributed by atoms with Crippen LogP contribution in [0.25, 0.3) is 0 Å². The third-order valence-corrected chi connectivity index (χ3v) is 16.4. The Balaban J connectivity index is 1.27. The number of fused-ring (bicyclic) bond motifs is 5. The van der Waals surface area contributed by atoms with Crippen LogP contribution >= 0.6 is 92.4 Å². The van der Waals surface area contributed by atoms with Crippen LogP contribution in [0.15, 0.2) is 89.6 Å². The minimum Gasteiger partial charge on any atom is -0.487 e. The van der Waals surface area contributed by atoms with E-state index in [4.69, 9.17) is 18.9 Å². The number of hydrogen-bond acceptors (Lipinski definition) is 12. The first kappa shape index (κ1) is 34.8. The highest BCUT2D eigenvalue weighted by atomic mass is 32.2. The molecule has 1 aliphatic heterocycles. The number of thiophene rings is 4. The van der Waals surface area contributed by atoms with Gasteiger partial charge >= 0.3 is 0 Å². The Labute approximate surface area is 305 Å². The highest BCUT2D eigenvalue weighted by molar-refractivity contribution is 8.01. The number of para-hydroxylation sites is 2. The van der Waals surface area contributed by atoms with Crippen molar-refractivity contribution in [2.75, 3.05) is 63.7 Å². The molecule has 6 rings (SSSR count). The van der Waals surface area contributed by atoms with Crippen molar-refractivity contribution in [1.82, 2.24) is 0 Å². The second-order valence-corrected chi connectivity index (χ2v) is 19.5. The van der Waals surface area contributed by atoms with Crippen molar-refractivity contribution in [3.05, 3.63) is 92.3 Å². The van der Waals surface area contributed by atoms with Crippen LogP contribution in [0.4, 0.5) is 0 Å². The summed E-state index contributed by atoms with van der Waals surface area (Å²) in [5.41, 5.74) is 0. The molecule has 244 valence electrons.